The van der Waals surface area contributed by atoms with E-state index in [0.717, 1.165) is 0 Å². The fourth-order valence-corrected chi connectivity index (χ4v) is 1.58. The molecule has 0 aromatic heterocycles. The van der Waals surface area contributed by atoms with E-state index in [9.17, 15) is 9.59 Å². The fraction of sp³-hybridized carbons (Fsp3) is 0.0667. The molecule has 0 heterocycles. The lowest BCUT2D eigenvalue weighted by Crippen LogP contribution is -2.11. The van der Waals surface area contributed by atoms with Gasteiger partial charge in [0.15, 0.2) is 12.4 Å². The highest BCUT2D eigenvalue weighted by molar-refractivity contribution is 5.97. The quantitative estimate of drug-likeness (QED) is 0.835. The minimum absolute atomic E-state index is 0.118. The second-order valence-corrected chi connectivity index (χ2v) is 3.91. The largest absolute Gasteiger partial charge is 0.485 e. The first kappa shape index (κ1) is 12.8. The van der Waals surface area contributed by atoms with Gasteiger partial charge in [-0.3, -0.25) is 4.79 Å². The maximum atomic E-state index is 11.8. The van der Waals surface area contributed by atoms with E-state index in [1.54, 1.807) is 36.4 Å². The summed E-state index contributed by atoms with van der Waals surface area (Å²) in [5.41, 5.74) is 0.696. The van der Waals surface area contributed by atoms with Gasteiger partial charge in [-0.15, -0.1) is 0 Å². The minimum atomic E-state index is -1.03. The van der Waals surface area contributed by atoms with Crippen LogP contribution in [0.3, 0.4) is 0 Å². The Morgan fingerprint density at radius 1 is 0.947 bits per heavy atom. The smallest absolute Gasteiger partial charge is 0.335 e. The van der Waals surface area contributed by atoms with Crippen LogP contribution in [-0.2, 0) is 0 Å². The Balaban J connectivity index is 2.01. The lowest BCUT2D eigenvalue weighted by molar-refractivity contribution is 0.0696. The van der Waals surface area contributed by atoms with Crippen LogP contribution < -0.4 is 4.74 Å². The number of benzene rings is 2. The molecule has 4 nitrogen and oxygen atoms in total. The van der Waals surface area contributed by atoms with E-state index in [-0.39, 0.29) is 18.0 Å². The molecule has 0 unspecified atom stereocenters. The molecule has 2 aromatic carbocycles. The number of hydrogen-bond acceptors (Lipinski definition) is 3. The molecule has 96 valence electrons. The Bertz CT molecular complexity index is 590. The fourth-order valence-electron chi connectivity index (χ4n) is 1.58. The molecule has 0 saturated carbocycles. The Morgan fingerprint density at radius 3 is 2.32 bits per heavy atom. The highest BCUT2D eigenvalue weighted by Gasteiger charge is 2.07. The van der Waals surface area contributed by atoms with Gasteiger partial charge in [0.1, 0.15) is 5.75 Å². The van der Waals surface area contributed by atoms with Gasteiger partial charge in [0.2, 0.25) is 0 Å². The lowest BCUT2D eigenvalue weighted by atomic mass is 10.1. The van der Waals surface area contributed by atoms with Crippen LogP contribution in [0.1, 0.15) is 20.7 Å². The van der Waals surface area contributed by atoms with Gasteiger partial charge >= 0.3 is 5.97 Å². The number of ether oxygens (including phenoxy) is 1. The summed E-state index contributed by atoms with van der Waals surface area (Å²) in [7, 11) is 0. The number of carbonyl (C=O) groups excluding carboxylic acids is 1. The van der Waals surface area contributed by atoms with Crippen LogP contribution >= 0.6 is 0 Å². The van der Waals surface area contributed by atoms with Crippen LogP contribution in [0.15, 0.2) is 54.6 Å². The molecule has 0 fully saturated rings. The number of carbonyl (C=O) groups is 2. The van der Waals surface area contributed by atoms with Gasteiger partial charge < -0.3 is 9.84 Å². The van der Waals surface area contributed by atoms with Crippen molar-refractivity contribution in [1.29, 1.82) is 0 Å². The summed E-state index contributed by atoms with van der Waals surface area (Å²) in [6, 6.07) is 14.8. The van der Waals surface area contributed by atoms with Crippen LogP contribution in [0.5, 0.6) is 5.75 Å². The Kier molecular flexibility index (Phi) is 3.93. The third-order valence-corrected chi connectivity index (χ3v) is 2.55. The minimum Gasteiger partial charge on any atom is -0.485 e. The zero-order chi connectivity index (χ0) is 13.7. The van der Waals surface area contributed by atoms with E-state index in [2.05, 4.69) is 0 Å². The van der Waals surface area contributed by atoms with E-state index in [1.807, 2.05) is 6.07 Å². The molecule has 2 rings (SSSR count). The van der Waals surface area contributed by atoms with Crippen LogP contribution in [-0.4, -0.2) is 23.5 Å². The van der Waals surface area contributed by atoms with Crippen molar-refractivity contribution in [3.05, 3.63) is 65.7 Å². The maximum absolute atomic E-state index is 11.8. The third-order valence-electron chi connectivity index (χ3n) is 2.55. The predicted octanol–water partition coefficient (Wildman–Crippen LogP) is 2.65. The molecular weight excluding hydrogens is 244 g/mol. The van der Waals surface area contributed by atoms with Gasteiger partial charge in [-0.2, -0.15) is 0 Å². The lowest BCUT2D eigenvalue weighted by Gasteiger charge is -2.06. The molecule has 0 aliphatic heterocycles. The molecule has 1 N–H and O–H groups in total. The van der Waals surface area contributed by atoms with Crippen molar-refractivity contribution in [2.24, 2.45) is 0 Å². The topological polar surface area (TPSA) is 63.6 Å². The summed E-state index contributed by atoms with van der Waals surface area (Å²) < 4.78 is 5.30. The van der Waals surface area contributed by atoms with Gasteiger partial charge in [-0.25, -0.2) is 4.79 Å². The molecule has 2 aromatic rings. The Morgan fingerprint density at radius 2 is 1.63 bits per heavy atom. The number of carboxylic acid groups (broad SMARTS) is 1. The molecule has 0 aliphatic rings. The van der Waals surface area contributed by atoms with Crippen LogP contribution in [0, 0.1) is 0 Å². The van der Waals surface area contributed by atoms with Crippen molar-refractivity contribution in [3.63, 3.8) is 0 Å². The standard InChI is InChI=1S/C15H12O4/c16-14(11-5-2-1-3-6-11)10-19-13-8-4-7-12(9-13)15(17)18/h1-9H,10H2,(H,17,18). The number of rotatable bonds is 5. The van der Waals surface area contributed by atoms with E-state index in [4.69, 9.17) is 9.84 Å². The SMILES string of the molecule is O=C(O)c1cccc(OCC(=O)c2ccccc2)c1. The van der Waals surface area contributed by atoms with E-state index >= 15 is 0 Å². The van der Waals surface area contributed by atoms with Crippen molar-refractivity contribution >= 4 is 11.8 Å². The second kappa shape index (κ2) is 5.82. The van der Waals surface area contributed by atoms with Crippen molar-refractivity contribution in [3.8, 4) is 5.75 Å². The van der Waals surface area contributed by atoms with Crippen LogP contribution in [0.4, 0.5) is 0 Å². The normalized spacial score (nSPS) is 9.89. The highest BCUT2D eigenvalue weighted by atomic mass is 16.5. The zero-order valence-electron chi connectivity index (χ0n) is 10.1. The summed E-state index contributed by atoms with van der Waals surface area (Å²) >= 11 is 0. The molecular formula is C15H12O4. The summed E-state index contributed by atoms with van der Waals surface area (Å²) in [4.78, 5) is 22.6. The second-order valence-electron chi connectivity index (χ2n) is 3.91. The van der Waals surface area contributed by atoms with Crippen molar-refractivity contribution in [1.82, 2.24) is 0 Å². The van der Waals surface area contributed by atoms with Crippen molar-refractivity contribution in [2.45, 2.75) is 0 Å². The molecule has 0 spiro atoms. The highest BCUT2D eigenvalue weighted by Crippen LogP contribution is 2.13. The van der Waals surface area contributed by atoms with Crippen molar-refractivity contribution < 1.29 is 19.4 Å². The maximum Gasteiger partial charge on any atom is 0.335 e. The number of hydrogen-bond donors (Lipinski definition) is 1. The number of Topliss-reactive ketones (excluding diaryl/α,β-unsaturated/α-hetero) is 1. The zero-order valence-corrected chi connectivity index (χ0v) is 10.1. The molecule has 0 amide bonds. The first-order valence-corrected chi connectivity index (χ1v) is 5.71. The molecule has 0 atom stereocenters. The van der Waals surface area contributed by atoms with Gasteiger partial charge in [-0.1, -0.05) is 36.4 Å². The average molecular weight is 256 g/mol. The number of aromatic carboxylic acids is 1. The number of carboxylic acids is 1. The summed E-state index contributed by atoms with van der Waals surface area (Å²) in [5.74, 6) is -0.814. The Hall–Kier alpha value is -2.62. The molecule has 0 bridgehead atoms. The first-order chi connectivity index (χ1) is 9.16. The summed E-state index contributed by atoms with van der Waals surface area (Å²) in [6.45, 7) is -0.118. The summed E-state index contributed by atoms with van der Waals surface area (Å²) in [6.07, 6.45) is 0. The molecule has 0 aliphatic carbocycles. The molecule has 19 heavy (non-hydrogen) atoms. The van der Waals surface area contributed by atoms with Gasteiger partial charge in [0.25, 0.3) is 0 Å². The van der Waals surface area contributed by atoms with E-state index in [1.165, 1.54) is 12.1 Å². The van der Waals surface area contributed by atoms with Crippen LogP contribution in [0.2, 0.25) is 0 Å². The number of ketones is 1. The van der Waals surface area contributed by atoms with E-state index < -0.39 is 5.97 Å². The summed E-state index contributed by atoms with van der Waals surface area (Å²) in [5, 5.41) is 8.84. The predicted molar refractivity (Wildman–Crippen MR) is 69.7 cm³/mol. The Labute approximate surface area is 110 Å². The van der Waals surface area contributed by atoms with Gasteiger partial charge in [-0.05, 0) is 18.2 Å². The molecule has 4 heteroatoms. The van der Waals surface area contributed by atoms with Crippen LogP contribution in [0.25, 0.3) is 0 Å². The molecule has 0 radical (unpaired) electrons. The molecule has 0 saturated heterocycles. The average Bonchev–Trinajstić information content (AvgIpc) is 2.46. The monoisotopic (exact) mass is 256 g/mol. The first-order valence-electron chi connectivity index (χ1n) is 5.71. The third kappa shape index (κ3) is 3.42. The van der Waals surface area contributed by atoms with Gasteiger partial charge in [0, 0.05) is 5.56 Å². The van der Waals surface area contributed by atoms with E-state index in [0.29, 0.717) is 11.3 Å². The van der Waals surface area contributed by atoms with Gasteiger partial charge in [0.05, 0.1) is 5.56 Å². The van der Waals surface area contributed by atoms with Crippen molar-refractivity contribution in [2.75, 3.05) is 6.61 Å².